The summed E-state index contributed by atoms with van der Waals surface area (Å²) < 4.78 is 13.9. The summed E-state index contributed by atoms with van der Waals surface area (Å²) in [5, 5.41) is 5.50. The van der Waals surface area contributed by atoms with E-state index in [1.165, 1.54) is 17.9 Å². The molecule has 0 saturated carbocycles. The van der Waals surface area contributed by atoms with Gasteiger partial charge in [0, 0.05) is 31.8 Å². The lowest BCUT2D eigenvalue weighted by Crippen LogP contribution is -2.38. The zero-order chi connectivity index (χ0) is 18.4. The number of urea groups is 1. The molecule has 2 aromatic carbocycles. The van der Waals surface area contributed by atoms with Crippen molar-refractivity contribution in [3.63, 3.8) is 0 Å². The van der Waals surface area contributed by atoms with E-state index in [-0.39, 0.29) is 17.8 Å². The van der Waals surface area contributed by atoms with Gasteiger partial charge in [0.1, 0.15) is 5.82 Å². The van der Waals surface area contributed by atoms with Crippen LogP contribution in [0.1, 0.15) is 31.0 Å². The van der Waals surface area contributed by atoms with Gasteiger partial charge in [-0.15, -0.1) is 0 Å². The van der Waals surface area contributed by atoms with Gasteiger partial charge in [-0.1, -0.05) is 30.3 Å². The van der Waals surface area contributed by atoms with Crippen molar-refractivity contribution in [2.24, 2.45) is 0 Å². The Kier molecular flexibility index (Phi) is 6.11. The maximum Gasteiger partial charge on any atom is 0.317 e. The second kappa shape index (κ2) is 8.28. The van der Waals surface area contributed by atoms with Gasteiger partial charge >= 0.3 is 6.03 Å². The van der Waals surface area contributed by atoms with Crippen molar-refractivity contribution in [1.82, 2.24) is 10.2 Å². The van der Waals surface area contributed by atoms with Crippen LogP contribution in [0.25, 0.3) is 0 Å². The average molecular weight is 343 g/mol. The van der Waals surface area contributed by atoms with Gasteiger partial charge in [0.25, 0.3) is 0 Å². The number of rotatable bonds is 5. The molecule has 5 nitrogen and oxygen atoms in total. The molecule has 1 unspecified atom stereocenters. The molecule has 0 spiro atoms. The highest BCUT2D eigenvalue weighted by molar-refractivity contribution is 5.88. The van der Waals surface area contributed by atoms with Crippen molar-refractivity contribution >= 4 is 17.6 Å². The minimum atomic E-state index is -0.396. The van der Waals surface area contributed by atoms with E-state index in [0.29, 0.717) is 17.8 Å². The molecule has 0 aromatic heterocycles. The molecule has 2 rings (SSSR count). The van der Waals surface area contributed by atoms with Gasteiger partial charge in [0.05, 0.1) is 6.04 Å². The number of nitrogens with one attached hydrogen (secondary N) is 2. The first kappa shape index (κ1) is 18.4. The van der Waals surface area contributed by atoms with Crippen molar-refractivity contribution < 1.29 is 14.0 Å². The monoisotopic (exact) mass is 343 g/mol. The van der Waals surface area contributed by atoms with E-state index < -0.39 is 6.04 Å². The first-order chi connectivity index (χ1) is 11.9. The summed E-state index contributed by atoms with van der Waals surface area (Å²) >= 11 is 0. The average Bonchev–Trinajstić information content (AvgIpc) is 2.58. The minimum absolute atomic E-state index is 0.153. The van der Waals surface area contributed by atoms with Crippen LogP contribution in [0.15, 0.2) is 48.5 Å². The smallest absolute Gasteiger partial charge is 0.317 e. The molecule has 6 heteroatoms. The van der Waals surface area contributed by atoms with Crippen LogP contribution in [0.4, 0.5) is 14.9 Å². The summed E-state index contributed by atoms with van der Waals surface area (Å²) in [7, 11) is 1.63. The van der Waals surface area contributed by atoms with Gasteiger partial charge in [0.2, 0.25) is 5.91 Å². The molecule has 0 aliphatic heterocycles. The topological polar surface area (TPSA) is 61.4 Å². The summed E-state index contributed by atoms with van der Waals surface area (Å²) in [5.41, 5.74) is 1.99. The standard InChI is InChI=1S/C19H22FN3O2/c1-13(17-9-4-5-10-18(17)20)23(3)19(25)21-12-15-7-6-8-16(11-15)22-14(2)24/h4-11,13H,12H2,1-3H3,(H,21,25)(H,22,24). The highest BCUT2D eigenvalue weighted by atomic mass is 19.1. The first-order valence-electron chi connectivity index (χ1n) is 8.00. The Balaban J connectivity index is 1.98. The third-order valence-corrected chi connectivity index (χ3v) is 3.95. The second-order valence-electron chi connectivity index (χ2n) is 5.85. The summed E-state index contributed by atoms with van der Waals surface area (Å²) in [4.78, 5) is 24.9. The van der Waals surface area contributed by atoms with Crippen molar-refractivity contribution in [1.29, 1.82) is 0 Å². The molecule has 0 heterocycles. The molecular weight excluding hydrogens is 321 g/mol. The molecule has 3 amide bonds. The number of anilines is 1. The number of carbonyl (C=O) groups excluding carboxylic acids is 2. The zero-order valence-electron chi connectivity index (χ0n) is 14.5. The molecule has 0 aliphatic rings. The number of halogens is 1. The van der Waals surface area contributed by atoms with Crippen LogP contribution >= 0.6 is 0 Å². The van der Waals surface area contributed by atoms with Crippen molar-refractivity contribution in [2.75, 3.05) is 12.4 Å². The van der Waals surface area contributed by atoms with Crippen LogP contribution in [0, 0.1) is 5.82 Å². The number of hydrogen-bond donors (Lipinski definition) is 2. The molecule has 25 heavy (non-hydrogen) atoms. The molecule has 2 aromatic rings. The molecule has 0 saturated heterocycles. The normalized spacial score (nSPS) is 11.5. The predicted molar refractivity (Wildman–Crippen MR) is 95.6 cm³/mol. The highest BCUT2D eigenvalue weighted by Gasteiger charge is 2.19. The summed E-state index contributed by atoms with van der Waals surface area (Å²) in [5.74, 6) is -0.489. The fourth-order valence-electron chi connectivity index (χ4n) is 2.46. The number of hydrogen-bond acceptors (Lipinski definition) is 2. The Bertz CT molecular complexity index is 764. The van der Waals surface area contributed by atoms with Crippen molar-refractivity contribution in [3.05, 3.63) is 65.5 Å². The van der Waals surface area contributed by atoms with Crippen LogP contribution in [0.5, 0.6) is 0 Å². The van der Waals surface area contributed by atoms with Gasteiger partial charge < -0.3 is 15.5 Å². The lowest BCUT2D eigenvalue weighted by molar-refractivity contribution is -0.114. The number of amides is 3. The number of benzene rings is 2. The van der Waals surface area contributed by atoms with Crippen molar-refractivity contribution in [3.8, 4) is 0 Å². The molecule has 0 bridgehead atoms. The predicted octanol–water partition coefficient (Wildman–Crippen LogP) is 3.69. The third kappa shape index (κ3) is 5.04. The quantitative estimate of drug-likeness (QED) is 0.870. The van der Waals surface area contributed by atoms with Gasteiger partial charge in [-0.3, -0.25) is 4.79 Å². The van der Waals surface area contributed by atoms with Gasteiger partial charge in [-0.05, 0) is 30.7 Å². The van der Waals surface area contributed by atoms with Crippen molar-refractivity contribution in [2.45, 2.75) is 26.4 Å². The summed E-state index contributed by atoms with van der Waals surface area (Å²) in [6, 6.07) is 12.9. The van der Waals surface area contributed by atoms with Gasteiger partial charge in [-0.25, -0.2) is 9.18 Å². The number of carbonyl (C=O) groups is 2. The molecule has 0 fully saturated rings. The Morgan fingerprint density at radius 3 is 2.56 bits per heavy atom. The minimum Gasteiger partial charge on any atom is -0.334 e. The van der Waals surface area contributed by atoms with Crippen LogP contribution in [-0.2, 0) is 11.3 Å². The summed E-state index contributed by atoms with van der Waals surface area (Å²) in [6.07, 6.45) is 0. The molecule has 0 radical (unpaired) electrons. The lowest BCUT2D eigenvalue weighted by atomic mass is 10.1. The highest BCUT2D eigenvalue weighted by Crippen LogP contribution is 2.21. The lowest BCUT2D eigenvalue weighted by Gasteiger charge is -2.26. The van der Waals surface area contributed by atoms with E-state index in [2.05, 4.69) is 10.6 Å². The fraction of sp³-hybridized carbons (Fsp3) is 0.263. The van der Waals surface area contributed by atoms with Crippen LogP contribution in [-0.4, -0.2) is 23.9 Å². The van der Waals surface area contributed by atoms with Gasteiger partial charge in [0.15, 0.2) is 0 Å². The van der Waals surface area contributed by atoms with Crippen LogP contribution in [0.3, 0.4) is 0 Å². The Morgan fingerprint density at radius 2 is 1.88 bits per heavy atom. The van der Waals surface area contributed by atoms with E-state index in [1.54, 1.807) is 50.4 Å². The Labute approximate surface area is 146 Å². The molecule has 2 N–H and O–H groups in total. The fourth-order valence-corrected chi connectivity index (χ4v) is 2.46. The third-order valence-electron chi connectivity index (χ3n) is 3.95. The number of nitrogens with zero attached hydrogens (tertiary/aromatic N) is 1. The summed E-state index contributed by atoms with van der Waals surface area (Å²) in [6.45, 7) is 3.52. The molecule has 0 aliphatic carbocycles. The van der Waals surface area contributed by atoms with E-state index in [0.717, 1.165) is 5.56 Å². The maximum absolute atomic E-state index is 13.9. The zero-order valence-corrected chi connectivity index (χ0v) is 14.5. The second-order valence-corrected chi connectivity index (χ2v) is 5.85. The van der Waals surface area contributed by atoms with Crippen LogP contribution in [0.2, 0.25) is 0 Å². The van der Waals surface area contributed by atoms with Crippen LogP contribution < -0.4 is 10.6 Å². The molecular formula is C19H22FN3O2. The van der Waals surface area contributed by atoms with E-state index >= 15 is 0 Å². The SMILES string of the molecule is CC(=O)Nc1cccc(CNC(=O)N(C)C(C)c2ccccc2F)c1. The van der Waals surface area contributed by atoms with E-state index in [4.69, 9.17) is 0 Å². The first-order valence-corrected chi connectivity index (χ1v) is 8.00. The van der Waals surface area contributed by atoms with Gasteiger partial charge in [-0.2, -0.15) is 0 Å². The van der Waals surface area contributed by atoms with E-state index in [9.17, 15) is 14.0 Å². The largest absolute Gasteiger partial charge is 0.334 e. The van der Waals surface area contributed by atoms with E-state index in [1.807, 2.05) is 6.07 Å². The Morgan fingerprint density at radius 1 is 1.16 bits per heavy atom. The molecule has 132 valence electrons. The Hall–Kier alpha value is -2.89. The molecule has 1 atom stereocenters. The maximum atomic E-state index is 13.9.